The van der Waals surface area contributed by atoms with Gasteiger partial charge in [0.25, 0.3) is 0 Å². The first-order valence-electron chi connectivity index (χ1n) is 8.63. The second-order valence-corrected chi connectivity index (χ2v) is 7.09. The van der Waals surface area contributed by atoms with Crippen molar-refractivity contribution >= 4 is 17.7 Å². The number of hydrogen-bond acceptors (Lipinski definition) is 4. The Hall–Kier alpha value is -1.82. The minimum Gasteiger partial charge on any atom is -0.379 e. The van der Waals surface area contributed by atoms with E-state index in [0.717, 1.165) is 43.3 Å². The van der Waals surface area contributed by atoms with Crippen molar-refractivity contribution in [1.82, 2.24) is 10.2 Å². The summed E-state index contributed by atoms with van der Waals surface area (Å²) in [5.41, 5.74) is 1.15. The van der Waals surface area contributed by atoms with Gasteiger partial charge >= 0.3 is 0 Å². The smallest absolute Gasteiger partial charge is 0.230 e. The topological polar surface area (TPSA) is 41.6 Å². The maximum atomic E-state index is 12.5. The molecule has 1 saturated heterocycles. The highest BCUT2D eigenvalue weighted by Crippen LogP contribution is 2.19. The van der Waals surface area contributed by atoms with Gasteiger partial charge in [-0.2, -0.15) is 0 Å². The normalized spacial score (nSPS) is 16.3. The van der Waals surface area contributed by atoms with Crippen LogP contribution >= 0.6 is 11.8 Å². The Bertz CT molecular complexity index is 645. The Labute approximate surface area is 153 Å². The Morgan fingerprint density at radius 1 is 1.04 bits per heavy atom. The number of amides is 1. The Morgan fingerprint density at radius 2 is 1.68 bits per heavy atom. The summed E-state index contributed by atoms with van der Waals surface area (Å²) < 4.78 is 5.42. The van der Waals surface area contributed by atoms with Gasteiger partial charge in [0.2, 0.25) is 5.91 Å². The van der Waals surface area contributed by atoms with E-state index in [1.807, 2.05) is 48.5 Å². The molecule has 0 aliphatic carbocycles. The van der Waals surface area contributed by atoms with E-state index in [0.29, 0.717) is 5.75 Å². The number of ether oxygens (including phenoxy) is 1. The number of hydrogen-bond donors (Lipinski definition) is 1. The Kier molecular flexibility index (Phi) is 6.91. The zero-order valence-corrected chi connectivity index (χ0v) is 15.1. The molecule has 0 radical (unpaired) electrons. The van der Waals surface area contributed by atoms with E-state index in [4.69, 9.17) is 4.74 Å². The summed E-state index contributed by atoms with van der Waals surface area (Å²) in [5, 5.41) is 3.21. The standard InChI is InChI=1S/C20H24N2O2S/c23-20(16-25-18-9-5-2-6-10-18)21-19(17-7-3-1-4-8-17)15-22-11-13-24-14-12-22/h1-10,19H,11-16H2,(H,21,23). The fourth-order valence-electron chi connectivity index (χ4n) is 2.86. The molecular weight excluding hydrogens is 332 g/mol. The average Bonchev–Trinajstić information content (AvgIpc) is 2.68. The summed E-state index contributed by atoms with van der Waals surface area (Å²) in [6, 6.07) is 20.2. The molecule has 1 N–H and O–H groups in total. The van der Waals surface area contributed by atoms with Crippen LogP contribution in [0.3, 0.4) is 0 Å². The molecule has 1 aliphatic rings. The van der Waals surface area contributed by atoms with E-state index in [9.17, 15) is 4.79 Å². The van der Waals surface area contributed by atoms with Gasteiger partial charge in [-0.25, -0.2) is 0 Å². The molecule has 5 heteroatoms. The molecule has 2 aromatic rings. The molecule has 4 nitrogen and oxygen atoms in total. The van der Waals surface area contributed by atoms with Gasteiger partial charge in [-0.1, -0.05) is 48.5 Å². The summed E-state index contributed by atoms with van der Waals surface area (Å²) >= 11 is 1.57. The van der Waals surface area contributed by atoms with Crippen molar-refractivity contribution in [2.24, 2.45) is 0 Å². The van der Waals surface area contributed by atoms with Gasteiger partial charge in [-0.15, -0.1) is 11.8 Å². The fraction of sp³-hybridized carbons (Fsp3) is 0.350. The van der Waals surface area contributed by atoms with Gasteiger partial charge in [0.05, 0.1) is 25.0 Å². The maximum Gasteiger partial charge on any atom is 0.230 e. The summed E-state index contributed by atoms with van der Waals surface area (Å²) in [6.07, 6.45) is 0. The molecule has 1 unspecified atom stereocenters. The average molecular weight is 356 g/mol. The van der Waals surface area contributed by atoms with Crippen LogP contribution < -0.4 is 5.32 Å². The predicted molar refractivity (Wildman–Crippen MR) is 102 cm³/mol. The lowest BCUT2D eigenvalue weighted by Crippen LogP contribution is -2.43. The van der Waals surface area contributed by atoms with Crippen molar-refractivity contribution < 1.29 is 9.53 Å². The van der Waals surface area contributed by atoms with Crippen LogP contribution in [-0.4, -0.2) is 49.4 Å². The highest BCUT2D eigenvalue weighted by atomic mass is 32.2. The molecule has 0 aromatic heterocycles. The SMILES string of the molecule is O=C(CSc1ccccc1)NC(CN1CCOCC1)c1ccccc1. The molecule has 1 fully saturated rings. The number of nitrogens with one attached hydrogen (secondary N) is 1. The third-order valence-corrected chi connectivity index (χ3v) is 5.21. The van der Waals surface area contributed by atoms with Crippen LogP contribution in [0.15, 0.2) is 65.6 Å². The molecule has 0 saturated carbocycles. The number of thioether (sulfide) groups is 1. The van der Waals surface area contributed by atoms with E-state index < -0.39 is 0 Å². The van der Waals surface area contributed by atoms with Gasteiger partial charge in [0.15, 0.2) is 0 Å². The first-order valence-corrected chi connectivity index (χ1v) is 9.62. The molecular formula is C20H24N2O2S. The van der Waals surface area contributed by atoms with E-state index >= 15 is 0 Å². The largest absolute Gasteiger partial charge is 0.379 e. The molecule has 1 aliphatic heterocycles. The second-order valence-electron chi connectivity index (χ2n) is 6.05. The van der Waals surface area contributed by atoms with Crippen LogP contribution in [0.2, 0.25) is 0 Å². The quantitative estimate of drug-likeness (QED) is 0.775. The van der Waals surface area contributed by atoms with Gasteiger partial charge in [0, 0.05) is 24.5 Å². The molecule has 1 amide bonds. The van der Waals surface area contributed by atoms with Crippen molar-refractivity contribution in [2.45, 2.75) is 10.9 Å². The van der Waals surface area contributed by atoms with Crippen LogP contribution in [-0.2, 0) is 9.53 Å². The Morgan fingerprint density at radius 3 is 2.36 bits per heavy atom. The number of morpholine rings is 1. The molecule has 25 heavy (non-hydrogen) atoms. The van der Waals surface area contributed by atoms with E-state index in [1.54, 1.807) is 11.8 Å². The lowest BCUT2D eigenvalue weighted by atomic mass is 10.1. The number of carbonyl (C=O) groups is 1. The van der Waals surface area contributed by atoms with Crippen LogP contribution in [0, 0.1) is 0 Å². The summed E-state index contributed by atoms with van der Waals surface area (Å²) in [6.45, 7) is 4.17. The van der Waals surface area contributed by atoms with Gasteiger partial charge in [0.1, 0.15) is 0 Å². The number of carbonyl (C=O) groups excluding carboxylic acids is 1. The minimum absolute atomic E-state index is 0.00294. The van der Waals surface area contributed by atoms with Crippen molar-refractivity contribution in [2.75, 3.05) is 38.6 Å². The first-order chi connectivity index (χ1) is 12.3. The lowest BCUT2D eigenvalue weighted by molar-refractivity contribution is -0.119. The Balaban J connectivity index is 1.59. The minimum atomic E-state index is 0.00294. The maximum absolute atomic E-state index is 12.5. The van der Waals surface area contributed by atoms with Crippen molar-refractivity contribution in [3.05, 3.63) is 66.2 Å². The highest BCUT2D eigenvalue weighted by molar-refractivity contribution is 8.00. The van der Waals surface area contributed by atoms with Crippen LogP contribution in [0.5, 0.6) is 0 Å². The third kappa shape index (κ3) is 5.88. The predicted octanol–water partition coefficient (Wildman–Crippen LogP) is 2.97. The first kappa shape index (κ1) is 18.0. The van der Waals surface area contributed by atoms with E-state index in [1.165, 1.54) is 0 Å². The van der Waals surface area contributed by atoms with Gasteiger partial charge < -0.3 is 10.1 Å². The molecule has 1 atom stereocenters. The van der Waals surface area contributed by atoms with Crippen molar-refractivity contribution in [3.8, 4) is 0 Å². The number of benzene rings is 2. The zero-order chi connectivity index (χ0) is 17.3. The summed E-state index contributed by atoms with van der Waals surface area (Å²) in [5.74, 6) is 0.493. The molecule has 0 bridgehead atoms. The number of nitrogens with zero attached hydrogens (tertiary/aromatic N) is 1. The van der Waals surface area contributed by atoms with E-state index in [2.05, 4.69) is 22.3 Å². The second kappa shape index (κ2) is 9.61. The molecule has 132 valence electrons. The molecule has 2 aromatic carbocycles. The van der Waals surface area contributed by atoms with Crippen LogP contribution in [0.4, 0.5) is 0 Å². The monoisotopic (exact) mass is 356 g/mol. The molecule has 0 spiro atoms. The van der Waals surface area contributed by atoms with Crippen LogP contribution in [0.25, 0.3) is 0 Å². The third-order valence-electron chi connectivity index (χ3n) is 4.19. The van der Waals surface area contributed by atoms with Crippen molar-refractivity contribution in [1.29, 1.82) is 0 Å². The highest BCUT2D eigenvalue weighted by Gasteiger charge is 2.20. The number of rotatable bonds is 7. The lowest BCUT2D eigenvalue weighted by Gasteiger charge is -2.31. The van der Waals surface area contributed by atoms with Gasteiger partial charge in [-0.3, -0.25) is 9.69 Å². The van der Waals surface area contributed by atoms with E-state index in [-0.39, 0.29) is 11.9 Å². The zero-order valence-electron chi connectivity index (χ0n) is 14.3. The van der Waals surface area contributed by atoms with Crippen molar-refractivity contribution in [3.63, 3.8) is 0 Å². The molecule has 1 heterocycles. The van der Waals surface area contributed by atoms with Crippen LogP contribution in [0.1, 0.15) is 11.6 Å². The summed E-state index contributed by atoms with van der Waals surface area (Å²) in [7, 11) is 0. The molecule has 3 rings (SSSR count). The fourth-order valence-corrected chi connectivity index (χ4v) is 3.59. The van der Waals surface area contributed by atoms with Gasteiger partial charge in [-0.05, 0) is 17.7 Å². The summed E-state index contributed by atoms with van der Waals surface area (Å²) in [4.78, 5) is 15.9.